The Morgan fingerprint density at radius 1 is 0.452 bits per heavy atom. The molecule has 1 N–H and O–H groups in total. The molecule has 0 unspecified atom stereocenters. The summed E-state index contributed by atoms with van der Waals surface area (Å²) >= 11 is 0. The average Bonchev–Trinajstić information content (AvgIpc) is 2.82. The van der Waals surface area contributed by atoms with E-state index < -0.39 is 17.6 Å². The molecule has 0 fully saturated rings. The lowest BCUT2D eigenvalue weighted by Crippen LogP contribution is -2.42. The topological polar surface area (TPSA) is 85.9 Å². The first kappa shape index (κ1) is 31.1. The first-order chi connectivity index (χ1) is 15.1. The molecule has 0 aliphatic heterocycles. The summed E-state index contributed by atoms with van der Waals surface area (Å²) in [5.41, 5.74) is 0. The molecule has 31 heavy (non-hydrogen) atoms. The average molecular weight is 486 g/mol. The summed E-state index contributed by atoms with van der Waals surface area (Å²) in [5.74, 6) is 0. The lowest BCUT2D eigenvalue weighted by atomic mass is 10.3. The summed E-state index contributed by atoms with van der Waals surface area (Å²) in [7, 11) is 5.09. The predicted octanol–water partition coefficient (Wildman–Crippen LogP) is 2.71. The van der Waals surface area contributed by atoms with Gasteiger partial charge in [0.15, 0.2) is 0 Å². The van der Waals surface area contributed by atoms with Crippen LogP contribution in [0.1, 0.15) is 38.5 Å². The number of ether oxygens (including phenoxy) is 2. The Bertz CT molecular complexity index is 338. The van der Waals surface area contributed by atoms with E-state index in [1.807, 2.05) is 0 Å². The van der Waals surface area contributed by atoms with Crippen molar-refractivity contribution >= 4 is 17.6 Å². The molecule has 0 saturated heterocycles. The second-order valence-corrected chi connectivity index (χ2v) is 13.4. The standard InChI is InChI=1S/C20H47NO8Si2/c1-22-30(23-2,24-3)19-11-7-9-15-28-17-13-21-14-18-29-16-10-8-12-20-31(25-4,26-5)27-6/h21H,7-20H2,1-6H3. The van der Waals surface area contributed by atoms with Gasteiger partial charge in [0.05, 0.1) is 13.2 Å². The van der Waals surface area contributed by atoms with Crippen LogP contribution in [-0.2, 0) is 36.0 Å². The van der Waals surface area contributed by atoms with Crippen LogP contribution in [0.2, 0.25) is 12.1 Å². The number of rotatable bonds is 24. The SMILES string of the molecule is CO[Si](CCCCCOCCNCCOCCCCC[Si](OC)(OC)OC)(OC)OC. The Morgan fingerprint density at radius 2 is 0.806 bits per heavy atom. The van der Waals surface area contributed by atoms with Gasteiger partial charge in [-0.3, -0.25) is 0 Å². The minimum Gasteiger partial charge on any atom is -0.380 e. The van der Waals surface area contributed by atoms with Gasteiger partial charge in [0.1, 0.15) is 0 Å². The fraction of sp³-hybridized carbons (Fsp3) is 1.00. The van der Waals surface area contributed by atoms with Crippen LogP contribution in [0.4, 0.5) is 0 Å². The first-order valence-corrected chi connectivity index (χ1v) is 15.1. The van der Waals surface area contributed by atoms with Gasteiger partial charge in [-0.2, -0.15) is 0 Å². The molecular weight excluding hydrogens is 438 g/mol. The second-order valence-electron chi connectivity index (χ2n) is 7.19. The number of unbranched alkanes of at least 4 members (excludes halogenated alkanes) is 4. The van der Waals surface area contributed by atoms with Crippen molar-refractivity contribution in [1.82, 2.24) is 5.32 Å². The maximum atomic E-state index is 5.66. The highest BCUT2D eigenvalue weighted by Gasteiger charge is 2.37. The van der Waals surface area contributed by atoms with Crippen LogP contribution in [-0.4, -0.2) is 99.8 Å². The normalized spacial score (nSPS) is 12.6. The summed E-state index contributed by atoms with van der Waals surface area (Å²) < 4.78 is 43.8. The Labute approximate surface area is 192 Å². The molecular formula is C20H47NO8Si2. The van der Waals surface area contributed by atoms with Crippen LogP contribution in [0.15, 0.2) is 0 Å². The highest BCUT2D eigenvalue weighted by molar-refractivity contribution is 6.60. The second kappa shape index (κ2) is 20.7. The van der Waals surface area contributed by atoms with Crippen LogP contribution in [0.25, 0.3) is 0 Å². The molecule has 0 heterocycles. The zero-order valence-electron chi connectivity index (χ0n) is 20.7. The lowest BCUT2D eigenvalue weighted by molar-refractivity contribution is 0.113. The number of hydrogen-bond acceptors (Lipinski definition) is 9. The molecule has 0 aromatic carbocycles. The van der Waals surface area contributed by atoms with E-state index in [4.69, 9.17) is 36.0 Å². The van der Waals surface area contributed by atoms with Crippen LogP contribution in [0.3, 0.4) is 0 Å². The molecule has 0 aliphatic rings. The minimum atomic E-state index is -2.41. The molecule has 0 bridgehead atoms. The Morgan fingerprint density at radius 3 is 1.13 bits per heavy atom. The van der Waals surface area contributed by atoms with Gasteiger partial charge in [-0.05, 0) is 25.7 Å². The van der Waals surface area contributed by atoms with Gasteiger partial charge in [0.25, 0.3) is 0 Å². The van der Waals surface area contributed by atoms with E-state index in [0.29, 0.717) is 0 Å². The molecule has 188 valence electrons. The zero-order valence-corrected chi connectivity index (χ0v) is 22.7. The summed E-state index contributed by atoms with van der Waals surface area (Å²) in [5, 5.41) is 3.34. The molecule has 0 aromatic heterocycles. The van der Waals surface area contributed by atoms with Crippen LogP contribution < -0.4 is 5.32 Å². The lowest BCUT2D eigenvalue weighted by Gasteiger charge is -2.24. The molecule has 0 aromatic rings. The summed E-state index contributed by atoms with van der Waals surface area (Å²) in [6, 6.07) is 1.68. The summed E-state index contributed by atoms with van der Waals surface area (Å²) in [6.45, 7) is 4.68. The van der Waals surface area contributed by atoms with Gasteiger partial charge in [-0.25, -0.2) is 0 Å². The molecule has 0 atom stereocenters. The Balaban J connectivity index is 3.35. The third kappa shape index (κ3) is 14.8. The van der Waals surface area contributed by atoms with Gasteiger partial charge in [-0.15, -0.1) is 0 Å². The quantitative estimate of drug-likeness (QED) is 0.164. The Kier molecular flexibility index (Phi) is 20.7. The molecule has 11 heteroatoms. The van der Waals surface area contributed by atoms with E-state index in [9.17, 15) is 0 Å². The minimum absolute atomic E-state index is 0.719. The van der Waals surface area contributed by atoms with Gasteiger partial charge < -0.3 is 41.3 Å². The monoisotopic (exact) mass is 485 g/mol. The molecule has 0 spiro atoms. The smallest absolute Gasteiger partial charge is 0.380 e. The van der Waals surface area contributed by atoms with Crippen molar-refractivity contribution < 1.29 is 36.0 Å². The van der Waals surface area contributed by atoms with Gasteiger partial charge in [0.2, 0.25) is 0 Å². The third-order valence-corrected chi connectivity index (χ3v) is 10.9. The van der Waals surface area contributed by atoms with Crippen LogP contribution >= 0.6 is 0 Å². The van der Waals surface area contributed by atoms with Crippen molar-refractivity contribution in [2.45, 2.75) is 50.6 Å². The van der Waals surface area contributed by atoms with Crippen molar-refractivity contribution in [1.29, 1.82) is 0 Å². The predicted molar refractivity (Wildman–Crippen MR) is 125 cm³/mol. The summed E-state index contributed by atoms with van der Waals surface area (Å²) in [4.78, 5) is 0. The van der Waals surface area contributed by atoms with E-state index in [1.54, 1.807) is 42.7 Å². The maximum Gasteiger partial charge on any atom is 0.500 e. The summed E-state index contributed by atoms with van der Waals surface area (Å²) in [6.07, 6.45) is 6.28. The van der Waals surface area contributed by atoms with Crippen molar-refractivity contribution in [3.63, 3.8) is 0 Å². The molecule has 9 nitrogen and oxygen atoms in total. The molecule has 0 aliphatic carbocycles. The highest BCUT2D eigenvalue weighted by Crippen LogP contribution is 2.17. The Hall–Kier alpha value is 0.0738. The van der Waals surface area contributed by atoms with E-state index >= 15 is 0 Å². The van der Waals surface area contributed by atoms with E-state index in [0.717, 1.165) is 90.1 Å². The van der Waals surface area contributed by atoms with E-state index in [1.165, 1.54) is 0 Å². The number of hydrogen-bond donors (Lipinski definition) is 1. The molecule has 0 radical (unpaired) electrons. The van der Waals surface area contributed by atoms with Crippen molar-refractivity contribution in [2.24, 2.45) is 0 Å². The molecule has 0 amide bonds. The fourth-order valence-corrected chi connectivity index (χ4v) is 6.77. The van der Waals surface area contributed by atoms with Crippen LogP contribution in [0, 0.1) is 0 Å². The zero-order chi connectivity index (χ0) is 23.3. The van der Waals surface area contributed by atoms with Crippen molar-refractivity contribution in [3.8, 4) is 0 Å². The van der Waals surface area contributed by atoms with E-state index in [-0.39, 0.29) is 0 Å². The van der Waals surface area contributed by atoms with Gasteiger partial charge in [-0.1, -0.05) is 12.8 Å². The van der Waals surface area contributed by atoms with Crippen LogP contribution in [0.5, 0.6) is 0 Å². The largest absolute Gasteiger partial charge is 0.500 e. The van der Waals surface area contributed by atoms with Crippen molar-refractivity contribution in [3.05, 3.63) is 0 Å². The highest BCUT2D eigenvalue weighted by atomic mass is 28.4. The van der Waals surface area contributed by atoms with Crippen molar-refractivity contribution in [2.75, 3.05) is 82.2 Å². The van der Waals surface area contributed by atoms with Gasteiger partial charge >= 0.3 is 17.6 Å². The maximum absolute atomic E-state index is 5.66. The molecule has 0 saturated carbocycles. The third-order valence-electron chi connectivity index (χ3n) is 5.26. The molecule has 0 rings (SSSR count). The van der Waals surface area contributed by atoms with Gasteiger partial charge in [0, 0.05) is 81.1 Å². The number of nitrogens with one attached hydrogen (secondary N) is 1. The van der Waals surface area contributed by atoms with E-state index in [2.05, 4.69) is 5.32 Å². The fourth-order valence-electron chi connectivity index (χ4n) is 3.17. The first-order valence-electron chi connectivity index (χ1n) is 11.2.